The first kappa shape index (κ1) is 12.3. The highest BCUT2D eigenvalue weighted by Crippen LogP contribution is 2.29. The average molecular weight is 244 g/mol. The molecule has 0 atom stereocenters. The van der Waals surface area contributed by atoms with E-state index in [1.165, 1.54) is 11.9 Å². The molecular formula is C13H16N4O. The Labute approximate surface area is 106 Å². The van der Waals surface area contributed by atoms with E-state index in [1.807, 2.05) is 19.9 Å². The number of aromatic nitrogens is 2. The number of benzene rings is 1. The normalized spacial score (nSPS) is 10.2. The zero-order valence-corrected chi connectivity index (χ0v) is 10.7. The van der Waals surface area contributed by atoms with Crippen molar-refractivity contribution in [3.05, 3.63) is 41.2 Å². The van der Waals surface area contributed by atoms with Crippen LogP contribution in [0.15, 0.2) is 24.5 Å². The minimum Gasteiger partial charge on any atom is -0.438 e. The summed E-state index contributed by atoms with van der Waals surface area (Å²) in [4.78, 5) is 8.00. The van der Waals surface area contributed by atoms with E-state index in [4.69, 9.17) is 10.6 Å². The molecule has 2 rings (SSSR count). The lowest BCUT2D eigenvalue weighted by Crippen LogP contribution is -2.08. The summed E-state index contributed by atoms with van der Waals surface area (Å²) >= 11 is 0. The maximum atomic E-state index is 5.82. The van der Waals surface area contributed by atoms with Gasteiger partial charge in [-0.15, -0.1) is 0 Å². The van der Waals surface area contributed by atoms with Gasteiger partial charge in [0, 0.05) is 6.07 Å². The van der Waals surface area contributed by atoms with E-state index in [0.717, 1.165) is 16.9 Å². The van der Waals surface area contributed by atoms with Gasteiger partial charge in [-0.2, -0.15) is 0 Å². The third-order valence-corrected chi connectivity index (χ3v) is 2.87. The molecule has 5 nitrogen and oxygen atoms in total. The third-order valence-electron chi connectivity index (χ3n) is 2.87. The average Bonchev–Trinajstić information content (AvgIpc) is 2.39. The van der Waals surface area contributed by atoms with Crippen molar-refractivity contribution >= 4 is 5.82 Å². The topological polar surface area (TPSA) is 73.1 Å². The summed E-state index contributed by atoms with van der Waals surface area (Å²) in [7, 11) is 0. The summed E-state index contributed by atoms with van der Waals surface area (Å²) in [5, 5.41) is 0. The summed E-state index contributed by atoms with van der Waals surface area (Å²) in [6.07, 6.45) is 1.41. The van der Waals surface area contributed by atoms with Gasteiger partial charge in [-0.05, 0) is 37.5 Å². The quantitative estimate of drug-likeness (QED) is 0.641. The Morgan fingerprint density at radius 1 is 1.11 bits per heavy atom. The first-order chi connectivity index (χ1) is 8.61. The molecule has 0 aliphatic rings. The number of anilines is 1. The molecule has 5 heteroatoms. The standard InChI is InChI=1S/C13H16N4O/c1-8-4-5-9(2)13(10(8)3)18-12-6-11(17-14)15-7-16-12/h4-7H,14H2,1-3H3,(H,15,16,17). The Balaban J connectivity index is 2.36. The summed E-state index contributed by atoms with van der Waals surface area (Å²) < 4.78 is 5.82. The predicted octanol–water partition coefficient (Wildman–Crippen LogP) is 2.48. The molecule has 2 aromatic rings. The molecule has 0 unspecified atom stereocenters. The molecule has 1 heterocycles. The second-order valence-corrected chi connectivity index (χ2v) is 4.14. The number of hydrogen-bond acceptors (Lipinski definition) is 5. The van der Waals surface area contributed by atoms with Gasteiger partial charge >= 0.3 is 0 Å². The van der Waals surface area contributed by atoms with E-state index in [1.54, 1.807) is 6.07 Å². The van der Waals surface area contributed by atoms with Crippen LogP contribution in [-0.4, -0.2) is 9.97 Å². The van der Waals surface area contributed by atoms with Crippen LogP contribution in [0.25, 0.3) is 0 Å². The largest absolute Gasteiger partial charge is 0.438 e. The molecule has 0 bridgehead atoms. The molecule has 0 aliphatic carbocycles. The number of nitrogens with two attached hydrogens (primary N) is 1. The lowest BCUT2D eigenvalue weighted by molar-refractivity contribution is 0.454. The monoisotopic (exact) mass is 244 g/mol. The van der Waals surface area contributed by atoms with Crippen LogP contribution in [0.3, 0.4) is 0 Å². The molecule has 94 valence electrons. The predicted molar refractivity (Wildman–Crippen MR) is 70.6 cm³/mol. The molecule has 0 radical (unpaired) electrons. The van der Waals surface area contributed by atoms with E-state index in [-0.39, 0.29) is 0 Å². The minimum atomic E-state index is 0.467. The fourth-order valence-corrected chi connectivity index (χ4v) is 1.66. The van der Waals surface area contributed by atoms with E-state index in [2.05, 4.69) is 28.4 Å². The fraction of sp³-hybridized carbons (Fsp3) is 0.231. The first-order valence-corrected chi connectivity index (χ1v) is 5.65. The number of hydrazine groups is 1. The van der Waals surface area contributed by atoms with Gasteiger partial charge in [-0.1, -0.05) is 12.1 Å². The molecule has 0 saturated heterocycles. The maximum absolute atomic E-state index is 5.82. The van der Waals surface area contributed by atoms with Gasteiger partial charge in [0.15, 0.2) is 0 Å². The van der Waals surface area contributed by atoms with Gasteiger partial charge < -0.3 is 10.2 Å². The Morgan fingerprint density at radius 3 is 2.56 bits per heavy atom. The summed E-state index contributed by atoms with van der Waals surface area (Å²) in [5.41, 5.74) is 5.82. The number of nitrogens with zero attached hydrogens (tertiary/aromatic N) is 2. The van der Waals surface area contributed by atoms with Crippen molar-refractivity contribution in [3.8, 4) is 11.6 Å². The molecule has 18 heavy (non-hydrogen) atoms. The van der Waals surface area contributed by atoms with Gasteiger partial charge in [0.25, 0.3) is 0 Å². The van der Waals surface area contributed by atoms with Crippen molar-refractivity contribution in [1.29, 1.82) is 0 Å². The van der Waals surface area contributed by atoms with Crippen molar-refractivity contribution in [1.82, 2.24) is 9.97 Å². The molecule has 0 amide bonds. The van der Waals surface area contributed by atoms with Gasteiger partial charge in [-0.25, -0.2) is 15.8 Å². The molecule has 1 aromatic carbocycles. The van der Waals surface area contributed by atoms with Crippen molar-refractivity contribution in [3.63, 3.8) is 0 Å². The summed E-state index contributed by atoms with van der Waals surface area (Å²) in [6, 6.07) is 5.76. The second-order valence-electron chi connectivity index (χ2n) is 4.14. The number of ether oxygens (including phenoxy) is 1. The molecule has 0 fully saturated rings. The Kier molecular flexibility index (Phi) is 3.43. The van der Waals surface area contributed by atoms with Crippen LogP contribution >= 0.6 is 0 Å². The van der Waals surface area contributed by atoms with Crippen LogP contribution in [0.4, 0.5) is 5.82 Å². The molecule has 0 aliphatic heterocycles. The molecule has 0 spiro atoms. The lowest BCUT2D eigenvalue weighted by Gasteiger charge is -2.13. The highest BCUT2D eigenvalue weighted by atomic mass is 16.5. The van der Waals surface area contributed by atoms with Crippen LogP contribution in [0, 0.1) is 20.8 Å². The van der Waals surface area contributed by atoms with Gasteiger partial charge in [0.2, 0.25) is 5.88 Å². The molecular weight excluding hydrogens is 228 g/mol. The van der Waals surface area contributed by atoms with Crippen LogP contribution in [0.1, 0.15) is 16.7 Å². The van der Waals surface area contributed by atoms with Gasteiger partial charge in [-0.3, -0.25) is 0 Å². The molecule has 3 N–H and O–H groups in total. The highest BCUT2D eigenvalue weighted by Gasteiger charge is 2.08. The zero-order chi connectivity index (χ0) is 13.1. The highest BCUT2D eigenvalue weighted by molar-refractivity contribution is 5.47. The number of nitrogen functional groups attached to an aromatic ring is 1. The Hall–Kier alpha value is -2.14. The summed E-state index contributed by atoms with van der Waals surface area (Å²) in [5.74, 6) is 7.11. The minimum absolute atomic E-state index is 0.467. The first-order valence-electron chi connectivity index (χ1n) is 5.65. The van der Waals surface area contributed by atoms with E-state index in [0.29, 0.717) is 11.7 Å². The fourth-order valence-electron chi connectivity index (χ4n) is 1.66. The number of aryl methyl sites for hydroxylation is 2. The van der Waals surface area contributed by atoms with Gasteiger partial charge in [0.05, 0.1) is 0 Å². The Bertz CT molecular complexity index is 569. The zero-order valence-electron chi connectivity index (χ0n) is 10.7. The SMILES string of the molecule is Cc1ccc(C)c(Oc2cc(NN)ncn2)c1C. The van der Waals surface area contributed by atoms with Crippen LogP contribution in [-0.2, 0) is 0 Å². The Morgan fingerprint density at radius 2 is 1.83 bits per heavy atom. The molecule has 0 saturated carbocycles. The van der Waals surface area contributed by atoms with Crippen LogP contribution in [0.2, 0.25) is 0 Å². The second kappa shape index (κ2) is 5.01. The van der Waals surface area contributed by atoms with Crippen molar-refractivity contribution in [2.75, 3.05) is 5.43 Å². The van der Waals surface area contributed by atoms with Crippen LogP contribution < -0.4 is 16.0 Å². The third kappa shape index (κ3) is 2.41. The smallest absolute Gasteiger partial charge is 0.224 e. The van der Waals surface area contributed by atoms with Crippen molar-refractivity contribution in [2.45, 2.75) is 20.8 Å². The van der Waals surface area contributed by atoms with E-state index in [9.17, 15) is 0 Å². The van der Waals surface area contributed by atoms with E-state index < -0.39 is 0 Å². The van der Waals surface area contributed by atoms with Crippen molar-refractivity contribution < 1.29 is 4.74 Å². The van der Waals surface area contributed by atoms with Gasteiger partial charge in [0.1, 0.15) is 17.9 Å². The van der Waals surface area contributed by atoms with E-state index >= 15 is 0 Å². The number of rotatable bonds is 3. The number of nitrogens with one attached hydrogen (secondary N) is 1. The van der Waals surface area contributed by atoms with Crippen LogP contribution in [0.5, 0.6) is 11.6 Å². The number of hydrogen-bond donors (Lipinski definition) is 2. The summed E-state index contributed by atoms with van der Waals surface area (Å²) in [6.45, 7) is 6.08. The maximum Gasteiger partial charge on any atom is 0.224 e. The molecule has 1 aromatic heterocycles. The van der Waals surface area contributed by atoms with Crippen molar-refractivity contribution in [2.24, 2.45) is 5.84 Å². The lowest BCUT2D eigenvalue weighted by atomic mass is 10.1.